The first-order chi connectivity index (χ1) is 10.7. The molecule has 5 heteroatoms. The highest BCUT2D eigenvalue weighted by molar-refractivity contribution is 5.91. The van der Waals surface area contributed by atoms with Crippen LogP contribution >= 0.6 is 0 Å². The van der Waals surface area contributed by atoms with Gasteiger partial charge in [-0.3, -0.25) is 10.0 Å². The lowest BCUT2D eigenvalue weighted by Crippen LogP contribution is -2.28. The number of pyridine rings is 1. The van der Waals surface area contributed by atoms with Gasteiger partial charge in [-0.1, -0.05) is 30.3 Å². The van der Waals surface area contributed by atoms with Crippen molar-refractivity contribution in [1.29, 1.82) is 0 Å². The smallest absolute Gasteiger partial charge is 0.296 e. The predicted octanol–water partition coefficient (Wildman–Crippen LogP) is 2.71. The van der Waals surface area contributed by atoms with Gasteiger partial charge in [0.05, 0.1) is 18.4 Å². The number of hydrogen-bond acceptors (Lipinski definition) is 4. The molecule has 5 nitrogen and oxygen atoms in total. The molecule has 1 amide bonds. The normalized spacial score (nSPS) is 14.1. The van der Waals surface area contributed by atoms with Crippen LogP contribution in [-0.2, 0) is 6.54 Å². The summed E-state index contributed by atoms with van der Waals surface area (Å²) in [5.74, 6) is -0.489. The molecule has 1 aliphatic rings. The molecule has 1 aromatic carbocycles. The quantitative estimate of drug-likeness (QED) is 0.696. The van der Waals surface area contributed by atoms with Crippen molar-refractivity contribution in [3.63, 3.8) is 0 Å². The number of benzene rings is 1. The first-order valence-corrected chi connectivity index (χ1v) is 7.50. The van der Waals surface area contributed by atoms with Gasteiger partial charge in [-0.05, 0) is 30.5 Å². The predicted molar refractivity (Wildman–Crippen MR) is 83.8 cm³/mol. The van der Waals surface area contributed by atoms with E-state index >= 15 is 0 Å². The van der Waals surface area contributed by atoms with Gasteiger partial charge in [-0.15, -0.1) is 0 Å². The van der Waals surface area contributed by atoms with Gasteiger partial charge in [0.25, 0.3) is 5.91 Å². The van der Waals surface area contributed by atoms with Crippen LogP contribution in [0.25, 0.3) is 0 Å². The Kier molecular flexibility index (Phi) is 4.34. The zero-order chi connectivity index (χ0) is 15.4. The fourth-order valence-corrected chi connectivity index (χ4v) is 2.64. The van der Waals surface area contributed by atoms with Crippen molar-refractivity contribution in [3.8, 4) is 0 Å². The van der Waals surface area contributed by atoms with E-state index in [0.717, 1.165) is 24.3 Å². The Labute approximate surface area is 129 Å². The number of hydrogen-bond donors (Lipinski definition) is 1. The van der Waals surface area contributed by atoms with Crippen LogP contribution in [0.4, 0.5) is 5.69 Å². The monoisotopic (exact) mass is 297 g/mol. The van der Waals surface area contributed by atoms with Crippen LogP contribution < -0.4 is 4.90 Å². The van der Waals surface area contributed by atoms with Gasteiger partial charge in [0.2, 0.25) is 0 Å². The molecule has 0 aliphatic carbocycles. The highest BCUT2D eigenvalue weighted by Crippen LogP contribution is 2.19. The fourth-order valence-electron chi connectivity index (χ4n) is 2.64. The van der Waals surface area contributed by atoms with E-state index < -0.39 is 5.91 Å². The van der Waals surface area contributed by atoms with Crippen LogP contribution in [0.1, 0.15) is 28.9 Å². The summed E-state index contributed by atoms with van der Waals surface area (Å²) >= 11 is 0. The lowest BCUT2D eigenvalue weighted by Gasteiger charge is -2.18. The number of aromatic nitrogens is 1. The standard InChI is InChI=1S/C17H19N3O2/c21-17(20(22)13-14-6-2-1-3-7-14)16-9-8-15(12-18-16)19-10-4-5-11-19/h1-3,6-9,12,22H,4-5,10-11,13H2. The lowest BCUT2D eigenvalue weighted by molar-refractivity contribution is -0.0652. The van der Waals surface area contributed by atoms with E-state index in [1.165, 1.54) is 12.8 Å². The Hall–Kier alpha value is -2.40. The Morgan fingerprint density at radius 1 is 1.14 bits per heavy atom. The zero-order valence-electron chi connectivity index (χ0n) is 12.4. The second-order valence-electron chi connectivity index (χ2n) is 5.44. The molecule has 1 fully saturated rings. The van der Waals surface area contributed by atoms with Crippen molar-refractivity contribution in [2.45, 2.75) is 19.4 Å². The summed E-state index contributed by atoms with van der Waals surface area (Å²) in [5.41, 5.74) is 2.15. The number of carbonyl (C=O) groups excluding carboxylic acids is 1. The summed E-state index contributed by atoms with van der Waals surface area (Å²) < 4.78 is 0. The van der Waals surface area contributed by atoms with Crippen LogP contribution in [-0.4, -0.2) is 34.3 Å². The second-order valence-corrected chi connectivity index (χ2v) is 5.44. The SMILES string of the molecule is O=C(c1ccc(N2CCCC2)cn1)N(O)Cc1ccccc1. The largest absolute Gasteiger partial charge is 0.370 e. The van der Waals surface area contributed by atoms with Crippen LogP contribution in [0.15, 0.2) is 48.7 Å². The van der Waals surface area contributed by atoms with Gasteiger partial charge in [0.1, 0.15) is 5.69 Å². The Bertz CT molecular complexity index is 622. The highest BCUT2D eigenvalue weighted by Gasteiger charge is 2.17. The summed E-state index contributed by atoms with van der Waals surface area (Å²) in [6.07, 6.45) is 4.10. The Morgan fingerprint density at radius 2 is 1.86 bits per heavy atom. The van der Waals surface area contributed by atoms with Gasteiger partial charge in [-0.2, -0.15) is 0 Å². The third-order valence-electron chi connectivity index (χ3n) is 3.85. The molecular formula is C17H19N3O2. The number of hydroxylamine groups is 2. The third-order valence-corrected chi connectivity index (χ3v) is 3.85. The molecule has 0 unspecified atom stereocenters. The van der Waals surface area contributed by atoms with Gasteiger partial charge < -0.3 is 4.90 Å². The first kappa shape index (κ1) is 14.5. The molecule has 3 rings (SSSR count). The topological polar surface area (TPSA) is 56.7 Å². The molecule has 1 aliphatic heterocycles. The van der Waals surface area contributed by atoms with Crippen LogP contribution in [0.2, 0.25) is 0 Å². The maximum absolute atomic E-state index is 12.2. The summed E-state index contributed by atoms with van der Waals surface area (Å²) in [6, 6.07) is 12.9. The summed E-state index contributed by atoms with van der Waals surface area (Å²) in [4.78, 5) is 18.6. The molecule has 1 N–H and O–H groups in total. The minimum atomic E-state index is -0.489. The molecule has 0 radical (unpaired) electrons. The Morgan fingerprint density at radius 3 is 2.50 bits per heavy atom. The Balaban J connectivity index is 1.66. The molecule has 22 heavy (non-hydrogen) atoms. The number of nitrogens with zero attached hydrogens (tertiary/aromatic N) is 3. The zero-order valence-corrected chi connectivity index (χ0v) is 12.4. The van der Waals surface area contributed by atoms with E-state index in [9.17, 15) is 10.0 Å². The fraction of sp³-hybridized carbons (Fsp3) is 0.294. The molecule has 114 valence electrons. The van der Waals surface area contributed by atoms with Crippen molar-refractivity contribution in [1.82, 2.24) is 10.0 Å². The van der Waals surface area contributed by atoms with E-state index in [0.29, 0.717) is 5.06 Å². The van der Waals surface area contributed by atoms with E-state index in [2.05, 4.69) is 9.88 Å². The average Bonchev–Trinajstić information content (AvgIpc) is 3.10. The van der Waals surface area contributed by atoms with Crippen LogP contribution in [0, 0.1) is 0 Å². The molecule has 0 saturated carbocycles. The van der Waals surface area contributed by atoms with Gasteiger partial charge in [0.15, 0.2) is 0 Å². The average molecular weight is 297 g/mol. The van der Waals surface area contributed by atoms with E-state index in [4.69, 9.17) is 0 Å². The number of amides is 1. The molecule has 1 aromatic heterocycles. The molecule has 2 aromatic rings. The van der Waals surface area contributed by atoms with Crippen molar-refractivity contribution < 1.29 is 10.0 Å². The molecule has 0 spiro atoms. The van der Waals surface area contributed by atoms with Gasteiger partial charge in [0, 0.05) is 13.1 Å². The molecular weight excluding hydrogens is 278 g/mol. The van der Waals surface area contributed by atoms with Gasteiger partial charge in [-0.25, -0.2) is 10.0 Å². The molecule has 0 bridgehead atoms. The van der Waals surface area contributed by atoms with Crippen molar-refractivity contribution in [2.24, 2.45) is 0 Å². The minimum absolute atomic E-state index is 0.148. The summed E-state index contributed by atoms with van der Waals surface area (Å²) in [7, 11) is 0. The first-order valence-electron chi connectivity index (χ1n) is 7.50. The van der Waals surface area contributed by atoms with Gasteiger partial charge >= 0.3 is 0 Å². The third kappa shape index (κ3) is 3.26. The van der Waals surface area contributed by atoms with Crippen molar-refractivity contribution in [3.05, 3.63) is 59.9 Å². The van der Waals surface area contributed by atoms with E-state index in [1.54, 1.807) is 12.3 Å². The highest BCUT2D eigenvalue weighted by atomic mass is 16.5. The molecule has 0 atom stereocenters. The maximum Gasteiger partial charge on any atom is 0.296 e. The second kappa shape index (κ2) is 6.58. The maximum atomic E-state index is 12.2. The minimum Gasteiger partial charge on any atom is -0.370 e. The number of anilines is 1. The lowest BCUT2D eigenvalue weighted by atomic mass is 10.2. The summed E-state index contributed by atoms with van der Waals surface area (Å²) in [5, 5.41) is 10.6. The van der Waals surface area contributed by atoms with E-state index in [-0.39, 0.29) is 12.2 Å². The molecule has 2 heterocycles. The van der Waals surface area contributed by atoms with Crippen molar-refractivity contribution in [2.75, 3.05) is 18.0 Å². The van der Waals surface area contributed by atoms with Crippen molar-refractivity contribution >= 4 is 11.6 Å². The summed E-state index contributed by atoms with van der Waals surface area (Å²) in [6.45, 7) is 2.22. The number of carbonyl (C=O) groups is 1. The van der Waals surface area contributed by atoms with Crippen LogP contribution in [0.5, 0.6) is 0 Å². The number of rotatable bonds is 4. The molecule has 1 saturated heterocycles. The van der Waals surface area contributed by atoms with E-state index in [1.807, 2.05) is 36.4 Å². The van der Waals surface area contributed by atoms with Crippen LogP contribution in [0.3, 0.4) is 0 Å².